The van der Waals surface area contributed by atoms with Crippen molar-refractivity contribution < 1.29 is 63.7 Å². The molecule has 0 saturated heterocycles. The molecule has 11 rings (SSSR count). The number of sulfonamides is 1. The second-order valence-corrected chi connectivity index (χ2v) is 24.7. The van der Waals surface area contributed by atoms with Crippen LogP contribution < -0.4 is 15.8 Å². The van der Waals surface area contributed by atoms with Crippen molar-refractivity contribution in [3.63, 3.8) is 0 Å². The number of carbonyl (C=O) groups excluding carboxylic acids is 3. The van der Waals surface area contributed by atoms with Crippen LogP contribution in [0.1, 0.15) is 41.7 Å². The maximum atomic E-state index is 12.2. The lowest BCUT2D eigenvalue weighted by molar-refractivity contribution is -0.387. The molecule has 0 saturated carbocycles. The Bertz CT molecular complexity index is 4560. The number of anilines is 2. The smallest absolute Gasteiger partial charge is 0.387 e. The van der Waals surface area contributed by atoms with Gasteiger partial charge in [-0.15, -0.1) is 0 Å². The van der Waals surface area contributed by atoms with Crippen LogP contribution in [0.2, 0.25) is 0 Å². The molecular weight excluding hydrogens is 1650 g/mol. The zero-order valence-corrected chi connectivity index (χ0v) is 58.4. The molecule has 39 heteroatoms. The van der Waals surface area contributed by atoms with Crippen LogP contribution in [0.5, 0.6) is 0 Å². The normalized spacial score (nSPS) is 11.0. The Labute approximate surface area is 566 Å². The number of nitrogens with one attached hydrogen (secondary N) is 2. The minimum absolute atomic E-state index is 0.108. The number of fused-ring (bicyclic) bond motifs is 5. The second kappa shape index (κ2) is 32.2. The van der Waals surface area contributed by atoms with E-state index in [0.717, 1.165) is 51.8 Å². The molecule has 0 radical (unpaired) electrons. The van der Waals surface area contributed by atoms with Gasteiger partial charge in [0.15, 0.2) is 11.6 Å². The highest BCUT2D eigenvalue weighted by Gasteiger charge is 2.42. The fourth-order valence-corrected chi connectivity index (χ4v) is 11.6. The number of ether oxygens (including phenoxy) is 1. The first-order chi connectivity index (χ1) is 42.9. The Morgan fingerprint density at radius 2 is 0.935 bits per heavy atom. The van der Waals surface area contributed by atoms with Crippen LogP contribution in [0.15, 0.2) is 143 Å². The summed E-state index contributed by atoms with van der Waals surface area (Å²) in [5.41, 5.74) is 9.48. The first-order valence-electron chi connectivity index (χ1n) is 25.2. The zero-order valence-electron chi connectivity index (χ0n) is 48.1. The van der Waals surface area contributed by atoms with Crippen molar-refractivity contribution in [3.8, 4) is 0 Å². The third-order valence-electron chi connectivity index (χ3n) is 11.3. The molecule has 0 aliphatic heterocycles. The Balaban J connectivity index is 0.000000197. The summed E-state index contributed by atoms with van der Waals surface area (Å²) in [6.07, 6.45) is -7.06. The number of hydrogen-bond acceptors (Lipinski definition) is 17. The van der Waals surface area contributed by atoms with Crippen LogP contribution in [0.25, 0.3) is 27.6 Å². The number of hydrogen-bond donors (Lipinski definition) is 3. The topological polar surface area (TPSA) is 330 Å². The third-order valence-corrected chi connectivity index (χ3v) is 15.4. The molecule has 11 aromatic rings. The molecule has 0 atom stereocenters. The molecule has 0 fully saturated rings. The Morgan fingerprint density at radius 1 is 0.554 bits per heavy atom. The van der Waals surface area contributed by atoms with Gasteiger partial charge in [0.25, 0.3) is 0 Å². The van der Waals surface area contributed by atoms with Crippen molar-refractivity contribution in [2.45, 2.75) is 60.4 Å². The number of imidazole rings is 5. The lowest BCUT2D eigenvalue weighted by atomic mass is 10.4. The number of aromatic nitrogens is 11. The largest absolute Gasteiger partial charge is 0.491 e. The summed E-state index contributed by atoms with van der Waals surface area (Å²) in [6, 6.07) is 32.6. The SMILES string of the molecule is CC(=O)OC(=O)C(F)(F)F.Cc1nc(NC(=O)C(F)(F)F)c2cccc(Br)n12.Cc1nc(NS(C)(=O)=O)c2cccc(Br)n12.Cc1nc([N+](=O)[O-])c2cccc(Br)n12.Cc1nc([N+](=O)[O-])c2cccc(Br)n12.Cc1ncc2cccc(Br)n12.NCc1cccc(Br)n1. The molecule has 1 amide bonds. The molecule has 0 unspecified atom stereocenters. The zero-order chi connectivity index (χ0) is 68.9. The van der Waals surface area contributed by atoms with Crippen molar-refractivity contribution in [1.29, 1.82) is 0 Å². The van der Waals surface area contributed by atoms with Gasteiger partial charge in [-0.25, -0.2) is 33.1 Å². The lowest BCUT2D eigenvalue weighted by Crippen LogP contribution is -2.30. The first kappa shape index (κ1) is 74.9. The monoisotopic (exact) mass is 1690 g/mol. The van der Waals surface area contributed by atoms with Crippen molar-refractivity contribution in [1.82, 2.24) is 51.9 Å². The number of pyridine rings is 6. The van der Waals surface area contributed by atoms with Gasteiger partial charge in [0.05, 0.1) is 57.7 Å². The van der Waals surface area contributed by atoms with Gasteiger partial charge in [-0.1, -0.05) is 36.4 Å². The highest BCUT2D eigenvalue weighted by Crippen LogP contribution is 2.28. The number of alkyl halides is 6. The maximum absolute atomic E-state index is 12.2. The molecule has 488 valence electrons. The Kier molecular flexibility index (Phi) is 26.2. The first-order valence-corrected chi connectivity index (χ1v) is 31.9. The molecule has 0 aromatic carbocycles. The standard InChI is InChI=1S/C10H7BrF3N3O.C9H10BrN3O2S.2C8H6BrN3O2.C8H7BrN2.C6H7BrN2.C4H3F3O3/c1-5-15-8(16-9(18)10(12,13)14)6-3-2-4-7(11)17(5)6;1-6-11-9(12-16(2,14)15)7-4-3-5-8(10)13(6)7;2*1-5-10-8(12(13)14)6-3-2-4-7(9)11(5)6;1-6-10-5-7-3-2-4-8(9)11(6)7;7-6-3-1-2-5(4-8)9-6;1-2(8)10-3(9)4(5,6)7/h2-4H,1H3,(H,16,18);3-5,12H,1-2H3;2*2-4H,1H3;2-5H,1H3;1-3H,4,8H2;1H3. The lowest BCUT2D eigenvalue weighted by Gasteiger charge is -2.05. The van der Waals surface area contributed by atoms with Gasteiger partial charge < -0.3 is 36.0 Å². The molecule has 0 aliphatic rings. The van der Waals surface area contributed by atoms with Crippen molar-refractivity contribution in [3.05, 3.63) is 198 Å². The van der Waals surface area contributed by atoms with Crippen molar-refractivity contribution >= 4 is 174 Å². The summed E-state index contributed by atoms with van der Waals surface area (Å²) >= 11 is 19.9. The Morgan fingerprint density at radius 3 is 1.29 bits per heavy atom. The molecule has 11 heterocycles. The molecule has 0 aliphatic carbocycles. The van der Waals surface area contributed by atoms with Crippen LogP contribution >= 0.6 is 95.6 Å². The number of halogens is 12. The van der Waals surface area contributed by atoms with E-state index in [-0.39, 0.29) is 17.5 Å². The highest BCUT2D eigenvalue weighted by molar-refractivity contribution is 9.11. The summed E-state index contributed by atoms with van der Waals surface area (Å²) in [5, 5.41) is 23.1. The molecule has 0 spiro atoms. The van der Waals surface area contributed by atoms with E-state index in [0.29, 0.717) is 63.7 Å². The highest BCUT2D eigenvalue weighted by atomic mass is 79.9. The van der Waals surface area contributed by atoms with E-state index >= 15 is 0 Å². The van der Waals surface area contributed by atoms with Gasteiger partial charge in [0, 0.05) is 27.3 Å². The fourth-order valence-electron chi connectivity index (χ4n) is 7.72. The van der Waals surface area contributed by atoms with Crippen LogP contribution in [0.3, 0.4) is 0 Å². The van der Waals surface area contributed by atoms with Gasteiger partial charge in [0.1, 0.15) is 33.1 Å². The van der Waals surface area contributed by atoms with Crippen molar-refractivity contribution in [2.75, 3.05) is 16.3 Å². The molecular formula is C53H46Br6F6N16O10S. The number of nitro groups is 2. The predicted molar refractivity (Wildman–Crippen MR) is 347 cm³/mol. The summed E-state index contributed by atoms with van der Waals surface area (Å²) in [4.78, 5) is 74.8. The van der Waals surface area contributed by atoms with E-state index < -0.39 is 50.1 Å². The summed E-state index contributed by atoms with van der Waals surface area (Å²) < 4.78 is 112. The van der Waals surface area contributed by atoms with E-state index in [9.17, 15) is 69.4 Å². The number of carbonyl (C=O) groups is 3. The second-order valence-electron chi connectivity index (χ2n) is 18.0. The number of rotatable bonds is 6. The summed E-state index contributed by atoms with van der Waals surface area (Å²) in [6.45, 7) is 10.1. The van der Waals surface area contributed by atoms with Gasteiger partial charge in [0.2, 0.25) is 21.7 Å². The average molecular weight is 1690 g/mol. The van der Waals surface area contributed by atoms with E-state index in [4.69, 9.17) is 5.73 Å². The third kappa shape index (κ3) is 20.1. The summed E-state index contributed by atoms with van der Waals surface area (Å²) in [7, 11) is -3.31. The number of nitrogens with two attached hydrogens (primary N) is 1. The predicted octanol–water partition coefficient (Wildman–Crippen LogP) is 13.7. The number of amides is 1. The van der Waals surface area contributed by atoms with Gasteiger partial charge in [-0.05, 0) is 209 Å². The van der Waals surface area contributed by atoms with Gasteiger partial charge >= 0.3 is 41.8 Å². The number of nitrogens with zero attached hydrogens (tertiary/aromatic N) is 13. The van der Waals surface area contributed by atoms with Gasteiger partial charge in [-0.2, -0.15) is 26.3 Å². The molecule has 26 nitrogen and oxygen atoms in total. The molecule has 11 aromatic heterocycles. The number of aryl methyl sites for hydroxylation is 5. The van der Waals surface area contributed by atoms with Gasteiger partial charge in [-0.3, -0.25) is 36.3 Å². The van der Waals surface area contributed by atoms with E-state index in [1.54, 1.807) is 87.8 Å². The minimum Gasteiger partial charge on any atom is -0.387 e. The average Bonchev–Trinajstić information content (AvgIpc) is 1.68. The van der Waals surface area contributed by atoms with Crippen LogP contribution in [0.4, 0.5) is 49.6 Å². The minimum atomic E-state index is -5.09. The van der Waals surface area contributed by atoms with Crippen LogP contribution in [-0.2, 0) is 35.7 Å². The van der Waals surface area contributed by atoms with Crippen LogP contribution in [0, 0.1) is 54.8 Å². The van der Waals surface area contributed by atoms with Crippen molar-refractivity contribution in [2.24, 2.45) is 5.73 Å². The maximum Gasteiger partial charge on any atom is 0.491 e. The summed E-state index contributed by atoms with van der Waals surface area (Å²) in [5.74, 6) is -2.40. The molecule has 4 N–H and O–H groups in total. The van der Waals surface area contributed by atoms with E-state index in [1.165, 1.54) is 0 Å². The van der Waals surface area contributed by atoms with E-state index in [1.807, 2.05) is 85.1 Å². The quantitative estimate of drug-likeness (QED) is 0.0348. The molecule has 0 bridgehead atoms. The number of esters is 2. The Hall–Kier alpha value is -7.82. The van der Waals surface area contributed by atoms with E-state index in [2.05, 4.69) is 139 Å². The molecule has 92 heavy (non-hydrogen) atoms. The fraction of sp³-hybridized carbons (Fsp3) is 0.189. The van der Waals surface area contributed by atoms with Crippen LogP contribution in [-0.4, -0.2) is 107 Å².